The molecule has 0 amide bonds. The van der Waals surface area contributed by atoms with Crippen LogP contribution in [0.25, 0.3) is 11.1 Å². The number of benzene rings is 2. The van der Waals surface area contributed by atoms with E-state index in [4.69, 9.17) is 9.47 Å². The molecule has 0 fully saturated rings. The molecule has 0 saturated carbocycles. The van der Waals surface area contributed by atoms with Crippen LogP contribution in [0.3, 0.4) is 0 Å². The van der Waals surface area contributed by atoms with E-state index in [9.17, 15) is 9.59 Å². The van der Waals surface area contributed by atoms with Crippen LogP contribution < -0.4 is 0 Å². The smallest absolute Gasteiger partial charge is 0.338 e. The number of esters is 2. The Bertz CT molecular complexity index is 948. The number of hydrogen-bond donors (Lipinski definition) is 0. The second kappa shape index (κ2) is 22.0. The highest BCUT2D eigenvalue weighted by Gasteiger charge is 2.10. The minimum atomic E-state index is -0.288. The monoisotopic (exact) mass is 564 g/mol. The van der Waals surface area contributed by atoms with Crippen molar-refractivity contribution < 1.29 is 19.1 Å². The molecule has 0 radical (unpaired) electrons. The average molecular weight is 565 g/mol. The number of rotatable bonds is 23. The molecule has 0 aliphatic heterocycles. The predicted octanol–water partition coefficient (Wildman–Crippen LogP) is 11.2. The van der Waals surface area contributed by atoms with Gasteiger partial charge in [0.25, 0.3) is 0 Å². The molecule has 41 heavy (non-hydrogen) atoms. The van der Waals surface area contributed by atoms with Gasteiger partial charge in [-0.25, -0.2) is 4.79 Å². The molecule has 228 valence electrons. The van der Waals surface area contributed by atoms with Crippen molar-refractivity contribution >= 4 is 11.9 Å². The quantitative estimate of drug-likeness (QED) is 0.0995. The summed E-state index contributed by atoms with van der Waals surface area (Å²) in [4.78, 5) is 23.6. The van der Waals surface area contributed by atoms with Crippen molar-refractivity contribution in [2.75, 3.05) is 6.61 Å². The molecular weight excluding hydrogens is 508 g/mol. The van der Waals surface area contributed by atoms with Gasteiger partial charge in [-0.1, -0.05) is 152 Å². The molecule has 0 aliphatic carbocycles. The fourth-order valence-corrected chi connectivity index (χ4v) is 5.31. The summed E-state index contributed by atoms with van der Waals surface area (Å²) in [6.07, 6.45) is 24.0. The lowest BCUT2D eigenvalue weighted by atomic mass is 10.0. The molecule has 0 bridgehead atoms. The normalized spacial score (nSPS) is 11.8. The van der Waals surface area contributed by atoms with E-state index in [1.54, 1.807) is 0 Å². The van der Waals surface area contributed by atoms with Crippen molar-refractivity contribution in [3.8, 4) is 11.1 Å². The summed E-state index contributed by atoms with van der Waals surface area (Å²) in [6, 6.07) is 15.5. The molecule has 1 unspecified atom stereocenters. The highest BCUT2D eigenvalue weighted by Crippen LogP contribution is 2.24. The lowest BCUT2D eigenvalue weighted by molar-refractivity contribution is -0.145. The Morgan fingerprint density at radius 3 is 1.39 bits per heavy atom. The van der Waals surface area contributed by atoms with Gasteiger partial charge in [-0.2, -0.15) is 0 Å². The minimum Gasteiger partial charge on any atom is -0.462 e. The van der Waals surface area contributed by atoms with Crippen molar-refractivity contribution in [1.82, 2.24) is 0 Å². The first-order valence-corrected chi connectivity index (χ1v) is 16.6. The highest BCUT2D eigenvalue weighted by atomic mass is 16.5. The van der Waals surface area contributed by atoms with Crippen molar-refractivity contribution in [3.05, 3.63) is 59.7 Å². The lowest BCUT2D eigenvalue weighted by Crippen LogP contribution is -2.06. The van der Waals surface area contributed by atoms with Crippen LogP contribution in [0.15, 0.2) is 48.5 Å². The molecule has 2 aromatic rings. The van der Waals surface area contributed by atoms with E-state index in [1.807, 2.05) is 55.5 Å². The van der Waals surface area contributed by atoms with E-state index < -0.39 is 0 Å². The van der Waals surface area contributed by atoms with Crippen LogP contribution in [-0.2, 0) is 14.3 Å². The van der Waals surface area contributed by atoms with Crippen LogP contribution in [0.5, 0.6) is 0 Å². The van der Waals surface area contributed by atoms with Gasteiger partial charge in [-0.3, -0.25) is 4.79 Å². The molecule has 0 saturated heterocycles. The second-order valence-electron chi connectivity index (χ2n) is 11.6. The maximum Gasteiger partial charge on any atom is 0.338 e. The van der Waals surface area contributed by atoms with E-state index >= 15 is 0 Å². The molecule has 1 atom stereocenters. The maximum absolute atomic E-state index is 12.4. The zero-order valence-electron chi connectivity index (χ0n) is 26.3. The van der Waals surface area contributed by atoms with Crippen LogP contribution in [0.1, 0.15) is 158 Å². The molecule has 4 heteroatoms. The molecule has 0 aromatic heterocycles. The largest absolute Gasteiger partial charge is 0.462 e. The van der Waals surface area contributed by atoms with Gasteiger partial charge in [0.15, 0.2) is 0 Å². The molecule has 0 N–H and O–H groups in total. The third kappa shape index (κ3) is 15.8. The molecule has 2 rings (SSSR count). The third-order valence-electron chi connectivity index (χ3n) is 7.91. The van der Waals surface area contributed by atoms with Gasteiger partial charge in [0, 0.05) is 6.92 Å². The predicted molar refractivity (Wildman–Crippen MR) is 171 cm³/mol. The molecular formula is C37H56O4. The Balaban J connectivity index is 1.45. The zero-order valence-corrected chi connectivity index (χ0v) is 26.3. The van der Waals surface area contributed by atoms with Crippen LogP contribution in [0.4, 0.5) is 0 Å². The zero-order chi connectivity index (χ0) is 29.5. The molecule has 0 aliphatic rings. The van der Waals surface area contributed by atoms with Crippen molar-refractivity contribution in [3.63, 3.8) is 0 Å². The number of carbonyl (C=O) groups excluding carboxylic acids is 2. The van der Waals surface area contributed by atoms with E-state index in [0.29, 0.717) is 12.2 Å². The average Bonchev–Trinajstić information content (AvgIpc) is 2.98. The molecule has 0 heterocycles. The van der Waals surface area contributed by atoms with Crippen molar-refractivity contribution in [1.29, 1.82) is 0 Å². The van der Waals surface area contributed by atoms with Crippen molar-refractivity contribution in [2.45, 2.75) is 142 Å². The number of unbranched alkanes of at least 4 members (excludes halogenated alkanes) is 17. The second-order valence-corrected chi connectivity index (χ2v) is 11.6. The summed E-state index contributed by atoms with van der Waals surface area (Å²) in [6.45, 7) is 6.05. The van der Waals surface area contributed by atoms with Crippen LogP contribution in [0, 0.1) is 0 Å². The standard InChI is InChI=1S/C37H56O4/c1-4-5-6-7-8-9-10-11-12-13-14-15-16-17-18-19-20-21-30-40-37(39)36-28-26-35(27-29-36)34-24-22-33(23-25-34)31(2)41-32(3)38/h22-29,31H,4-21,30H2,1-3H3. The first kappa shape index (κ1) is 34.6. The van der Waals surface area contributed by atoms with Crippen molar-refractivity contribution in [2.24, 2.45) is 0 Å². The Labute approximate surface area is 250 Å². The number of ether oxygens (including phenoxy) is 2. The number of hydrogen-bond acceptors (Lipinski definition) is 4. The summed E-state index contributed by atoms with van der Waals surface area (Å²) in [5.74, 6) is -0.543. The summed E-state index contributed by atoms with van der Waals surface area (Å²) in [7, 11) is 0. The van der Waals surface area contributed by atoms with Gasteiger partial charge in [0.2, 0.25) is 0 Å². The van der Waals surface area contributed by atoms with Crippen LogP contribution >= 0.6 is 0 Å². The Kier molecular flexibility index (Phi) is 18.6. The van der Waals surface area contributed by atoms with E-state index in [2.05, 4.69) is 6.92 Å². The van der Waals surface area contributed by atoms with Crippen LogP contribution in [0.2, 0.25) is 0 Å². The SMILES string of the molecule is CCCCCCCCCCCCCCCCCCCCOC(=O)c1ccc(-c2ccc(C(C)OC(C)=O)cc2)cc1. The Hall–Kier alpha value is -2.62. The highest BCUT2D eigenvalue weighted by molar-refractivity contribution is 5.90. The molecule has 2 aromatic carbocycles. The van der Waals surface area contributed by atoms with Gasteiger partial charge in [0.05, 0.1) is 12.2 Å². The Morgan fingerprint density at radius 1 is 0.585 bits per heavy atom. The summed E-state index contributed by atoms with van der Waals surface area (Å²) >= 11 is 0. The summed E-state index contributed by atoms with van der Waals surface area (Å²) in [5.41, 5.74) is 3.60. The number of carbonyl (C=O) groups is 2. The topological polar surface area (TPSA) is 52.6 Å². The van der Waals surface area contributed by atoms with Gasteiger partial charge in [-0.15, -0.1) is 0 Å². The first-order chi connectivity index (χ1) is 20.0. The third-order valence-corrected chi connectivity index (χ3v) is 7.91. The van der Waals surface area contributed by atoms with Crippen LogP contribution in [-0.4, -0.2) is 18.5 Å². The van der Waals surface area contributed by atoms with E-state index in [1.165, 1.54) is 110 Å². The van der Waals surface area contributed by atoms with Gasteiger partial charge in [-0.05, 0) is 42.2 Å². The minimum absolute atomic E-state index is 0.255. The molecule has 4 nitrogen and oxygen atoms in total. The Morgan fingerprint density at radius 2 is 0.976 bits per heavy atom. The first-order valence-electron chi connectivity index (χ1n) is 16.6. The van der Waals surface area contributed by atoms with E-state index in [0.717, 1.165) is 29.5 Å². The fraction of sp³-hybridized carbons (Fsp3) is 0.622. The van der Waals surface area contributed by atoms with E-state index in [-0.39, 0.29) is 18.0 Å². The maximum atomic E-state index is 12.4. The van der Waals surface area contributed by atoms with Gasteiger partial charge >= 0.3 is 11.9 Å². The lowest BCUT2D eigenvalue weighted by Gasteiger charge is -2.12. The fourth-order valence-electron chi connectivity index (χ4n) is 5.31. The summed E-state index contributed by atoms with van der Waals surface area (Å²) < 4.78 is 10.7. The summed E-state index contributed by atoms with van der Waals surface area (Å²) in [5, 5.41) is 0. The molecule has 0 spiro atoms. The van der Waals surface area contributed by atoms with Gasteiger partial charge < -0.3 is 9.47 Å². The van der Waals surface area contributed by atoms with Gasteiger partial charge in [0.1, 0.15) is 6.10 Å².